The Bertz CT molecular complexity index is 1070. The Morgan fingerprint density at radius 2 is 1.83 bits per heavy atom. The standard InChI is InChI=1S/C19H12F5N3O2/c20-14-5-4-11(7-15(14)21)18(28)27-8-12(9-27)17-25-16(26-29-17)10-2-1-3-13(6-10)19(22,23)24/h1-7,12H,8-9H2. The van der Waals surface area contributed by atoms with Gasteiger partial charge in [-0.3, -0.25) is 4.79 Å². The van der Waals surface area contributed by atoms with Crippen LogP contribution in [-0.2, 0) is 6.18 Å². The summed E-state index contributed by atoms with van der Waals surface area (Å²) < 4.78 is 69.9. The molecule has 1 saturated heterocycles. The molecule has 0 spiro atoms. The highest BCUT2D eigenvalue weighted by Gasteiger charge is 2.36. The van der Waals surface area contributed by atoms with Gasteiger partial charge in [-0.05, 0) is 30.3 Å². The number of likely N-dealkylation sites (tertiary alicyclic amines) is 1. The fraction of sp³-hybridized carbons (Fsp3) is 0.211. The summed E-state index contributed by atoms with van der Waals surface area (Å²) in [6, 6.07) is 7.44. The van der Waals surface area contributed by atoms with Crippen molar-refractivity contribution < 1.29 is 31.3 Å². The summed E-state index contributed by atoms with van der Waals surface area (Å²) in [5.41, 5.74) is -0.658. The van der Waals surface area contributed by atoms with Crippen molar-refractivity contribution in [2.45, 2.75) is 12.1 Å². The molecule has 1 aromatic heterocycles. The van der Waals surface area contributed by atoms with Crippen LogP contribution in [0.1, 0.15) is 27.7 Å². The van der Waals surface area contributed by atoms with Gasteiger partial charge in [0.2, 0.25) is 11.7 Å². The highest BCUT2D eigenvalue weighted by molar-refractivity contribution is 5.94. The molecule has 1 aliphatic heterocycles. The Labute approximate surface area is 160 Å². The van der Waals surface area contributed by atoms with Gasteiger partial charge >= 0.3 is 6.18 Å². The summed E-state index contributed by atoms with van der Waals surface area (Å²) in [7, 11) is 0. The van der Waals surface area contributed by atoms with Gasteiger partial charge < -0.3 is 9.42 Å². The van der Waals surface area contributed by atoms with Crippen LogP contribution in [0.4, 0.5) is 22.0 Å². The zero-order valence-corrected chi connectivity index (χ0v) is 14.6. The second-order valence-electron chi connectivity index (χ2n) is 6.57. The third-order valence-electron chi connectivity index (χ3n) is 4.57. The van der Waals surface area contributed by atoms with Crippen molar-refractivity contribution in [2.75, 3.05) is 13.1 Å². The SMILES string of the molecule is O=C(c1ccc(F)c(F)c1)N1CC(c2nc(-c3cccc(C(F)(F)F)c3)no2)C1. The zero-order chi connectivity index (χ0) is 20.8. The third-order valence-corrected chi connectivity index (χ3v) is 4.57. The summed E-state index contributed by atoms with van der Waals surface area (Å²) in [5, 5.41) is 3.71. The maximum Gasteiger partial charge on any atom is 0.416 e. The molecule has 0 aliphatic carbocycles. The molecule has 0 N–H and O–H groups in total. The van der Waals surface area contributed by atoms with Crippen molar-refractivity contribution in [2.24, 2.45) is 0 Å². The van der Waals surface area contributed by atoms with Gasteiger partial charge in [0.1, 0.15) is 0 Å². The number of nitrogens with zero attached hydrogens (tertiary/aromatic N) is 3. The van der Waals surface area contributed by atoms with Crippen molar-refractivity contribution in [1.29, 1.82) is 0 Å². The Morgan fingerprint density at radius 3 is 2.52 bits per heavy atom. The minimum atomic E-state index is -4.49. The molecule has 3 aromatic rings. The van der Waals surface area contributed by atoms with Crippen LogP contribution in [0.2, 0.25) is 0 Å². The van der Waals surface area contributed by atoms with Gasteiger partial charge in [0.15, 0.2) is 11.6 Å². The van der Waals surface area contributed by atoms with Gasteiger partial charge in [-0.25, -0.2) is 8.78 Å². The largest absolute Gasteiger partial charge is 0.416 e. The van der Waals surface area contributed by atoms with Crippen LogP contribution >= 0.6 is 0 Å². The van der Waals surface area contributed by atoms with Crippen molar-refractivity contribution >= 4 is 5.91 Å². The van der Waals surface area contributed by atoms with Gasteiger partial charge in [0, 0.05) is 24.2 Å². The van der Waals surface area contributed by atoms with E-state index in [-0.39, 0.29) is 41.8 Å². The third kappa shape index (κ3) is 3.69. The Hall–Kier alpha value is -3.30. The normalized spacial score (nSPS) is 14.7. The lowest BCUT2D eigenvalue weighted by Gasteiger charge is -2.37. The number of amides is 1. The van der Waals surface area contributed by atoms with Crippen LogP contribution in [0.3, 0.4) is 0 Å². The second-order valence-corrected chi connectivity index (χ2v) is 6.57. The predicted molar refractivity (Wildman–Crippen MR) is 89.7 cm³/mol. The van der Waals surface area contributed by atoms with Crippen LogP contribution in [0, 0.1) is 11.6 Å². The summed E-state index contributed by atoms with van der Waals surface area (Å²) in [4.78, 5) is 17.8. The molecular weight excluding hydrogens is 397 g/mol. The predicted octanol–water partition coefficient (Wildman–Crippen LogP) is 4.27. The zero-order valence-electron chi connectivity index (χ0n) is 14.6. The van der Waals surface area contributed by atoms with Crippen LogP contribution < -0.4 is 0 Å². The minimum absolute atomic E-state index is 0.0106. The van der Waals surface area contributed by atoms with Gasteiger partial charge in [-0.1, -0.05) is 17.3 Å². The summed E-state index contributed by atoms with van der Waals surface area (Å²) in [5.74, 6) is -2.73. The number of aromatic nitrogens is 2. The molecule has 150 valence electrons. The Kier molecular flexibility index (Phi) is 4.56. The number of hydrogen-bond acceptors (Lipinski definition) is 4. The van der Waals surface area contributed by atoms with Crippen LogP contribution in [0.5, 0.6) is 0 Å². The van der Waals surface area contributed by atoms with E-state index in [1.807, 2.05) is 0 Å². The van der Waals surface area contributed by atoms with Crippen molar-refractivity contribution in [1.82, 2.24) is 15.0 Å². The lowest BCUT2D eigenvalue weighted by molar-refractivity contribution is -0.137. The first-order chi connectivity index (χ1) is 13.7. The topological polar surface area (TPSA) is 59.2 Å². The molecule has 0 unspecified atom stereocenters. The molecule has 29 heavy (non-hydrogen) atoms. The molecular formula is C19H12F5N3O2. The Morgan fingerprint density at radius 1 is 1.07 bits per heavy atom. The summed E-state index contributed by atoms with van der Waals surface area (Å²) in [6.45, 7) is 0.421. The molecule has 2 aromatic carbocycles. The summed E-state index contributed by atoms with van der Waals surface area (Å²) in [6.07, 6.45) is -4.49. The van der Waals surface area contributed by atoms with E-state index in [1.54, 1.807) is 0 Å². The monoisotopic (exact) mass is 409 g/mol. The quantitative estimate of drug-likeness (QED) is 0.606. The molecule has 1 amide bonds. The maximum atomic E-state index is 13.3. The average Bonchev–Trinajstić information content (AvgIpc) is 3.12. The first-order valence-electron chi connectivity index (χ1n) is 8.48. The molecule has 2 heterocycles. The van der Waals surface area contributed by atoms with Gasteiger partial charge in [0.05, 0.1) is 11.5 Å². The summed E-state index contributed by atoms with van der Waals surface area (Å²) >= 11 is 0. The lowest BCUT2D eigenvalue weighted by Crippen LogP contribution is -2.48. The van der Waals surface area contributed by atoms with E-state index in [1.165, 1.54) is 23.1 Å². The van der Waals surface area contributed by atoms with E-state index >= 15 is 0 Å². The maximum absolute atomic E-state index is 13.3. The fourth-order valence-corrected chi connectivity index (χ4v) is 2.97. The molecule has 0 bridgehead atoms. The number of halogens is 5. The molecule has 4 rings (SSSR count). The van der Waals surface area contributed by atoms with Crippen LogP contribution in [-0.4, -0.2) is 34.0 Å². The van der Waals surface area contributed by atoms with E-state index in [0.717, 1.165) is 24.3 Å². The van der Waals surface area contributed by atoms with E-state index in [9.17, 15) is 26.7 Å². The molecule has 1 aliphatic rings. The number of benzene rings is 2. The highest BCUT2D eigenvalue weighted by atomic mass is 19.4. The van der Waals surface area contributed by atoms with Crippen LogP contribution in [0.25, 0.3) is 11.4 Å². The van der Waals surface area contributed by atoms with E-state index in [4.69, 9.17) is 4.52 Å². The van der Waals surface area contributed by atoms with Crippen LogP contribution in [0.15, 0.2) is 47.0 Å². The Balaban J connectivity index is 1.44. The number of carbonyl (C=O) groups excluding carboxylic acids is 1. The molecule has 1 fully saturated rings. The molecule has 0 radical (unpaired) electrons. The smallest absolute Gasteiger partial charge is 0.339 e. The van der Waals surface area contributed by atoms with Crippen molar-refractivity contribution in [3.63, 3.8) is 0 Å². The molecule has 5 nitrogen and oxygen atoms in total. The highest BCUT2D eigenvalue weighted by Crippen LogP contribution is 2.33. The van der Waals surface area contributed by atoms with Gasteiger partial charge in [-0.2, -0.15) is 18.2 Å². The number of alkyl halides is 3. The minimum Gasteiger partial charge on any atom is -0.339 e. The lowest BCUT2D eigenvalue weighted by atomic mass is 9.98. The number of rotatable bonds is 3. The fourth-order valence-electron chi connectivity index (χ4n) is 2.97. The number of hydrogen-bond donors (Lipinski definition) is 0. The van der Waals surface area contributed by atoms with E-state index in [0.29, 0.717) is 0 Å². The average molecular weight is 409 g/mol. The molecule has 0 atom stereocenters. The van der Waals surface area contributed by atoms with Gasteiger partial charge in [0.25, 0.3) is 5.91 Å². The molecule has 10 heteroatoms. The van der Waals surface area contributed by atoms with Crippen molar-refractivity contribution in [3.8, 4) is 11.4 Å². The van der Waals surface area contributed by atoms with E-state index < -0.39 is 29.3 Å². The van der Waals surface area contributed by atoms with Crippen molar-refractivity contribution in [3.05, 3.63) is 71.1 Å². The van der Waals surface area contributed by atoms with Gasteiger partial charge in [-0.15, -0.1) is 0 Å². The number of carbonyl (C=O) groups is 1. The first kappa shape index (κ1) is 19.0. The van der Waals surface area contributed by atoms with E-state index in [2.05, 4.69) is 10.1 Å². The first-order valence-corrected chi connectivity index (χ1v) is 8.48. The molecule has 0 saturated carbocycles. The second kappa shape index (κ2) is 6.94.